The van der Waals surface area contributed by atoms with Crippen molar-refractivity contribution < 1.29 is 10.0 Å². The van der Waals surface area contributed by atoms with Crippen molar-refractivity contribution >= 4 is 11.7 Å². The van der Waals surface area contributed by atoms with Gasteiger partial charge in [-0.25, -0.2) is 0 Å². The lowest BCUT2D eigenvalue weighted by Crippen LogP contribution is -2.34. The van der Waals surface area contributed by atoms with Gasteiger partial charge in [0.05, 0.1) is 5.92 Å². The molecule has 0 bridgehead atoms. The van der Waals surface area contributed by atoms with E-state index in [0.717, 1.165) is 0 Å². The van der Waals surface area contributed by atoms with Gasteiger partial charge in [0.2, 0.25) is 5.91 Å². The van der Waals surface area contributed by atoms with Crippen molar-refractivity contribution in [3.05, 3.63) is 0 Å². The first kappa shape index (κ1) is 8.74. The highest BCUT2D eigenvalue weighted by Crippen LogP contribution is 1.99. The maximum atomic E-state index is 10.5. The van der Waals surface area contributed by atoms with Crippen molar-refractivity contribution in [2.75, 3.05) is 0 Å². The number of primary amides is 1. The van der Waals surface area contributed by atoms with E-state index in [1.165, 1.54) is 0 Å². The molecule has 0 radical (unpaired) electrons. The predicted octanol–water partition coefficient (Wildman–Crippen LogP) is -0.756. The molecule has 0 saturated carbocycles. The Bertz CT molecular complexity index is 155. The second-order valence-electron chi connectivity index (χ2n) is 1.89. The van der Waals surface area contributed by atoms with Gasteiger partial charge in [-0.3, -0.25) is 4.79 Å². The molecule has 58 valence electrons. The Balaban J connectivity index is 4.21. The van der Waals surface area contributed by atoms with Crippen molar-refractivity contribution in [3.63, 3.8) is 0 Å². The standard InChI is InChI=1S/C5H11N3O2/c1-2-3(5(7)9)4(6)8-10/h3,10H,2H2,1H3,(H2,6,8)(H2,7,9). The summed E-state index contributed by atoms with van der Waals surface area (Å²) in [6.45, 7) is 1.73. The smallest absolute Gasteiger partial charge is 0.228 e. The summed E-state index contributed by atoms with van der Waals surface area (Å²) in [6.07, 6.45) is 0.450. The van der Waals surface area contributed by atoms with Gasteiger partial charge in [-0.05, 0) is 6.42 Å². The Morgan fingerprint density at radius 1 is 1.70 bits per heavy atom. The molecule has 0 fully saturated rings. The van der Waals surface area contributed by atoms with Crippen LogP contribution in [0.25, 0.3) is 0 Å². The van der Waals surface area contributed by atoms with Crippen molar-refractivity contribution in [2.24, 2.45) is 22.5 Å². The summed E-state index contributed by atoms with van der Waals surface area (Å²) in [6, 6.07) is 0. The number of oxime groups is 1. The van der Waals surface area contributed by atoms with Gasteiger partial charge in [0.1, 0.15) is 0 Å². The first-order chi connectivity index (χ1) is 4.63. The van der Waals surface area contributed by atoms with Crippen LogP contribution in [0, 0.1) is 5.92 Å². The molecule has 10 heavy (non-hydrogen) atoms. The average molecular weight is 145 g/mol. The van der Waals surface area contributed by atoms with Crippen LogP contribution in [-0.2, 0) is 4.79 Å². The van der Waals surface area contributed by atoms with Gasteiger partial charge >= 0.3 is 0 Å². The first-order valence-electron chi connectivity index (χ1n) is 2.90. The molecule has 0 spiro atoms. The number of amides is 1. The molecule has 1 amide bonds. The van der Waals surface area contributed by atoms with Gasteiger partial charge in [-0.15, -0.1) is 0 Å². The molecule has 0 aromatic carbocycles. The Kier molecular flexibility index (Phi) is 3.24. The van der Waals surface area contributed by atoms with Gasteiger partial charge in [0.15, 0.2) is 5.84 Å². The predicted molar refractivity (Wildman–Crippen MR) is 36.4 cm³/mol. The van der Waals surface area contributed by atoms with Crippen molar-refractivity contribution in [2.45, 2.75) is 13.3 Å². The van der Waals surface area contributed by atoms with E-state index in [0.29, 0.717) is 6.42 Å². The minimum Gasteiger partial charge on any atom is -0.409 e. The van der Waals surface area contributed by atoms with Gasteiger partial charge in [-0.1, -0.05) is 12.1 Å². The lowest BCUT2D eigenvalue weighted by molar-refractivity contribution is -0.120. The maximum absolute atomic E-state index is 10.5. The number of carbonyl (C=O) groups is 1. The van der Waals surface area contributed by atoms with E-state index in [9.17, 15) is 4.79 Å². The number of rotatable bonds is 3. The summed E-state index contributed by atoms with van der Waals surface area (Å²) in [7, 11) is 0. The van der Waals surface area contributed by atoms with E-state index in [-0.39, 0.29) is 5.84 Å². The van der Waals surface area contributed by atoms with Crippen LogP contribution in [0.5, 0.6) is 0 Å². The van der Waals surface area contributed by atoms with Crippen molar-refractivity contribution in [3.8, 4) is 0 Å². The summed E-state index contributed by atoms with van der Waals surface area (Å²) in [5, 5.41) is 10.8. The Morgan fingerprint density at radius 2 is 2.20 bits per heavy atom. The van der Waals surface area contributed by atoms with Crippen LogP contribution >= 0.6 is 0 Å². The monoisotopic (exact) mass is 145 g/mol. The molecule has 5 nitrogen and oxygen atoms in total. The Hall–Kier alpha value is -1.26. The normalized spacial score (nSPS) is 14.7. The second-order valence-corrected chi connectivity index (χ2v) is 1.89. The summed E-state index contributed by atoms with van der Waals surface area (Å²) in [5.74, 6) is -1.35. The third kappa shape index (κ3) is 1.93. The fraction of sp³-hybridized carbons (Fsp3) is 0.600. The molecule has 1 unspecified atom stereocenters. The molecular weight excluding hydrogens is 134 g/mol. The van der Waals surface area contributed by atoms with E-state index in [1.54, 1.807) is 6.92 Å². The quantitative estimate of drug-likeness (QED) is 0.210. The summed E-state index contributed by atoms with van der Waals surface area (Å²) >= 11 is 0. The molecule has 0 aliphatic rings. The molecule has 5 N–H and O–H groups in total. The van der Waals surface area contributed by atoms with Gasteiger partial charge < -0.3 is 16.7 Å². The number of hydrogen-bond donors (Lipinski definition) is 3. The molecule has 0 aliphatic carbocycles. The van der Waals surface area contributed by atoms with E-state index in [4.69, 9.17) is 16.7 Å². The maximum Gasteiger partial charge on any atom is 0.228 e. The van der Waals surface area contributed by atoms with Gasteiger partial charge in [0, 0.05) is 0 Å². The van der Waals surface area contributed by atoms with Crippen molar-refractivity contribution in [1.29, 1.82) is 0 Å². The fourth-order valence-corrected chi connectivity index (χ4v) is 0.626. The molecule has 1 atom stereocenters. The highest BCUT2D eigenvalue weighted by Gasteiger charge is 2.17. The lowest BCUT2D eigenvalue weighted by Gasteiger charge is -2.06. The number of carbonyl (C=O) groups excluding carboxylic acids is 1. The SMILES string of the molecule is CCC(C(N)=O)C(N)=NO. The summed E-state index contributed by atoms with van der Waals surface area (Å²) in [4.78, 5) is 10.5. The number of amidine groups is 1. The van der Waals surface area contributed by atoms with Crippen LogP contribution < -0.4 is 11.5 Å². The van der Waals surface area contributed by atoms with Gasteiger partial charge in [-0.2, -0.15) is 0 Å². The number of nitrogens with two attached hydrogens (primary N) is 2. The van der Waals surface area contributed by atoms with Gasteiger partial charge in [0.25, 0.3) is 0 Å². The average Bonchev–Trinajstić information content (AvgIpc) is 1.88. The summed E-state index contributed by atoms with van der Waals surface area (Å²) < 4.78 is 0. The Labute approximate surface area is 58.7 Å². The zero-order valence-electron chi connectivity index (χ0n) is 5.74. The van der Waals surface area contributed by atoms with E-state index in [2.05, 4.69) is 5.16 Å². The lowest BCUT2D eigenvalue weighted by atomic mass is 10.1. The number of hydrogen-bond acceptors (Lipinski definition) is 3. The molecule has 5 heteroatoms. The first-order valence-corrected chi connectivity index (χ1v) is 2.90. The van der Waals surface area contributed by atoms with Crippen LogP contribution in [0.1, 0.15) is 13.3 Å². The van der Waals surface area contributed by atoms with Crippen LogP contribution in [0.3, 0.4) is 0 Å². The van der Waals surface area contributed by atoms with E-state index < -0.39 is 11.8 Å². The minimum atomic E-state index is -0.648. The molecule has 0 saturated heterocycles. The molecule has 0 aromatic heterocycles. The third-order valence-electron chi connectivity index (χ3n) is 1.22. The highest BCUT2D eigenvalue weighted by atomic mass is 16.4. The molecule has 0 aliphatic heterocycles. The third-order valence-corrected chi connectivity index (χ3v) is 1.22. The van der Waals surface area contributed by atoms with E-state index in [1.807, 2.05) is 0 Å². The zero-order chi connectivity index (χ0) is 8.15. The van der Waals surface area contributed by atoms with Crippen molar-refractivity contribution in [1.82, 2.24) is 0 Å². The molecule has 0 aromatic rings. The topological polar surface area (TPSA) is 102 Å². The van der Waals surface area contributed by atoms with Crippen LogP contribution in [-0.4, -0.2) is 17.0 Å². The highest BCUT2D eigenvalue weighted by molar-refractivity contribution is 6.01. The minimum absolute atomic E-state index is 0.130. The largest absolute Gasteiger partial charge is 0.409 e. The van der Waals surface area contributed by atoms with E-state index >= 15 is 0 Å². The van der Waals surface area contributed by atoms with Crippen LogP contribution in [0.2, 0.25) is 0 Å². The molecular formula is C5H11N3O2. The molecule has 0 rings (SSSR count). The summed E-state index contributed by atoms with van der Waals surface area (Å²) in [5.41, 5.74) is 10.0. The fourth-order valence-electron chi connectivity index (χ4n) is 0.626. The number of nitrogens with zero attached hydrogens (tertiary/aromatic N) is 1. The Morgan fingerprint density at radius 3 is 2.30 bits per heavy atom. The van der Waals surface area contributed by atoms with Crippen LogP contribution in [0.15, 0.2) is 5.16 Å². The molecule has 0 heterocycles. The second kappa shape index (κ2) is 3.71. The van der Waals surface area contributed by atoms with Crippen LogP contribution in [0.4, 0.5) is 0 Å². The zero-order valence-corrected chi connectivity index (χ0v) is 5.74.